The zero-order valence-corrected chi connectivity index (χ0v) is 14.7. The Hall–Kier alpha value is -1.10. The number of hydrogen-bond donors (Lipinski definition) is 1. The first kappa shape index (κ1) is 18.2. The minimum Gasteiger partial charge on any atom is -0.467 e. The van der Waals surface area contributed by atoms with Crippen LogP contribution in [-0.4, -0.2) is 49.1 Å². The van der Waals surface area contributed by atoms with Crippen molar-refractivity contribution < 1.29 is 14.3 Å². The molecule has 0 aromatic carbocycles. The summed E-state index contributed by atoms with van der Waals surface area (Å²) >= 11 is 0. The van der Waals surface area contributed by atoms with Crippen LogP contribution in [0.2, 0.25) is 0 Å². The molecule has 0 bridgehead atoms. The van der Waals surface area contributed by atoms with E-state index in [0.29, 0.717) is 25.4 Å². The van der Waals surface area contributed by atoms with E-state index in [-0.39, 0.29) is 11.9 Å². The number of methoxy groups -OCH3 is 1. The van der Waals surface area contributed by atoms with Crippen molar-refractivity contribution >= 4 is 11.9 Å². The summed E-state index contributed by atoms with van der Waals surface area (Å²) in [6, 6.07) is 0.490. The van der Waals surface area contributed by atoms with Crippen LogP contribution < -0.4 is 5.32 Å². The van der Waals surface area contributed by atoms with Gasteiger partial charge in [0.15, 0.2) is 0 Å². The highest BCUT2D eigenvalue weighted by molar-refractivity contribution is 5.88. The number of rotatable bonds is 5. The number of nitrogens with zero attached hydrogens (tertiary/aromatic N) is 1. The van der Waals surface area contributed by atoms with E-state index in [2.05, 4.69) is 10.2 Å². The van der Waals surface area contributed by atoms with E-state index in [4.69, 9.17) is 4.74 Å². The molecule has 2 aliphatic carbocycles. The van der Waals surface area contributed by atoms with Crippen molar-refractivity contribution in [1.29, 1.82) is 0 Å². The van der Waals surface area contributed by atoms with E-state index in [9.17, 15) is 9.59 Å². The van der Waals surface area contributed by atoms with Crippen LogP contribution in [-0.2, 0) is 14.3 Å². The summed E-state index contributed by atoms with van der Waals surface area (Å²) in [4.78, 5) is 26.9. The van der Waals surface area contributed by atoms with Gasteiger partial charge in [0.2, 0.25) is 5.91 Å². The second-order valence-electron chi connectivity index (χ2n) is 7.24. The average molecular weight is 324 g/mol. The fraction of sp³-hybridized carbons (Fsp3) is 0.889. The molecule has 5 heteroatoms. The molecule has 0 spiro atoms. The van der Waals surface area contributed by atoms with Crippen molar-refractivity contribution in [3.63, 3.8) is 0 Å². The topological polar surface area (TPSA) is 58.6 Å². The van der Waals surface area contributed by atoms with Crippen molar-refractivity contribution in [2.24, 2.45) is 0 Å². The third-order valence-electron chi connectivity index (χ3n) is 5.50. The van der Waals surface area contributed by atoms with Gasteiger partial charge in [0.05, 0.1) is 13.7 Å². The second kappa shape index (κ2) is 8.67. The van der Waals surface area contributed by atoms with Gasteiger partial charge >= 0.3 is 5.97 Å². The molecule has 0 saturated heterocycles. The Bertz CT molecular complexity index is 397. The summed E-state index contributed by atoms with van der Waals surface area (Å²) in [5.74, 6) is -0.341. The van der Waals surface area contributed by atoms with Gasteiger partial charge in [-0.15, -0.1) is 0 Å². The highest BCUT2D eigenvalue weighted by Crippen LogP contribution is 2.29. The first-order valence-corrected chi connectivity index (χ1v) is 9.17. The Balaban J connectivity index is 1.91. The smallest absolute Gasteiger partial charge is 0.331 e. The minimum absolute atomic E-state index is 0.0518. The second-order valence-corrected chi connectivity index (χ2v) is 7.24. The van der Waals surface area contributed by atoms with Gasteiger partial charge in [0, 0.05) is 6.04 Å². The van der Waals surface area contributed by atoms with Gasteiger partial charge in [-0.25, -0.2) is 4.79 Å². The number of amides is 1. The number of carbonyl (C=O) groups is 2. The highest BCUT2D eigenvalue weighted by Gasteiger charge is 2.42. The molecule has 2 aliphatic rings. The summed E-state index contributed by atoms with van der Waals surface area (Å²) in [5.41, 5.74) is -0.797. The van der Waals surface area contributed by atoms with Crippen LogP contribution >= 0.6 is 0 Å². The maximum Gasteiger partial charge on any atom is 0.331 e. The summed E-state index contributed by atoms with van der Waals surface area (Å²) in [6.07, 6.45) is 11.9. The number of likely N-dealkylation sites (N-methyl/N-ethyl adjacent to an activating group) is 1. The average Bonchev–Trinajstić information content (AvgIpc) is 2.84. The van der Waals surface area contributed by atoms with Gasteiger partial charge in [-0.3, -0.25) is 9.69 Å². The van der Waals surface area contributed by atoms with E-state index < -0.39 is 5.54 Å². The summed E-state index contributed by atoms with van der Waals surface area (Å²) in [6.45, 7) is 0.364. The minimum atomic E-state index is -0.797. The first-order chi connectivity index (χ1) is 11.1. The number of hydrogen-bond acceptors (Lipinski definition) is 4. The molecule has 23 heavy (non-hydrogen) atoms. The molecule has 0 aliphatic heterocycles. The number of carbonyl (C=O) groups excluding carboxylic acids is 2. The van der Waals surface area contributed by atoms with Crippen molar-refractivity contribution in [3.8, 4) is 0 Å². The molecule has 2 saturated carbocycles. The Morgan fingerprint density at radius 2 is 1.61 bits per heavy atom. The highest BCUT2D eigenvalue weighted by atomic mass is 16.5. The molecule has 0 radical (unpaired) electrons. The Kier molecular flexibility index (Phi) is 6.88. The van der Waals surface area contributed by atoms with Gasteiger partial charge in [-0.1, -0.05) is 44.9 Å². The lowest BCUT2D eigenvalue weighted by Crippen LogP contribution is -2.58. The van der Waals surface area contributed by atoms with E-state index in [0.717, 1.165) is 19.3 Å². The van der Waals surface area contributed by atoms with E-state index in [1.807, 2.05) is 7.05 Å². The van der Waals surface area contributed by atoms with Crippen molar-refractivity contribution in [2.45, 2.75) is 82.2 Å². The SMILES string of the molecule is COC(=O)C1(NC(=O)CN(C)C2CCCCCC2)CCCCC1. The largest absolute Gasteiger partial charge is 0.467 e. The monoisotopic (exact) mass is 324 g/mol. The number of esters is 1. The lowest BCUT2D eigenvalue weighted by Gasteiger charge is -2.36. The molecule has 2 fully saturated rings. The molecular weight excluding hydrogens is 292 g/mol. The quantitative estimate of drug-likeness (QED) is 0.624. The maximum absolute atomic E-state index is 12.5. The number of ether oxygens (including phenoxy) is 1. The third-order valence-corrected chi connectivity index (χ3v) is 5.50. The Morgan fingerprint density at radius 3 is 2.17 bits per heavy atom. The van der Waals surface area contributed by atoms with Crippen molar-refractivity contribution in [2.75, 3.05) is 20.7 Å². The molecule has 1 amide bonds. The lowest BCUT2D eigenvalue weighted by atomic mass is 9.81. The Labute approximate surface area is 140 Å². The molecular formula is C18H32N2O3. The molecule has 2 rings (SSSR count). The summed E-state index contributed by atoms with van der Waals surface area (Å²) in [5, 5.41) is 3.01. The van der Waals surface area contributed by atoms with Crippen LogP contribution in [0.15, 0.2) is 0 Å². The van der Waals surface area contributed by atoms with E-state index >= 15 is 0 Å². The molecule has 0 unspecified atom stereocenters. The summed E-state index contributed by atoms with van der Waals surface area (Å²) < 4.78 is 4.96. The van der Waals surface area contributed by atoms with Gasteiger partial charge in [-0.05, 0) is 32.7 Å². The molecule has 0 aromatic heterocycles. The predicted molar refractivity (Wildman–Crippen MR) is 90.1 cm³/mol. The zero-order valence-electron chi connectivity index (χ0n) is 14.7. The molecule has 5 nitrogen and oxygen atoms in total. The maximum atomic E-state index is 12.5. The predicted octanol–water partition coefficient (Wildman–Crippen LogP) is 2.63. The van der Waals surface area contributed by atoms with Gasteiger partial charge in [0.25, 0.3) is 0 Å². The molecule has 0 aromatic rings. The van der Waals surface area contributed by atoms with Crippen LogP contribution in [0, 0.1) is 0 Å². The van der Waals surface area contributed by atoms with Crippen molar-refractivity contribution in [1.82, 2.24) is 10.2 Å². The molecule has 1 N–H and O–H groups in total. The van der Waals surface area contributed by atoms with Crippen LogP contribution in [0.4, 0.5) is 0 Å². The molecule has 0 atom stereocenters. The van der Waals surface area contributed by atoms with E-state index in [1.165, 1.54) is 45.6 Å². The lowest BCUT2D eigenvalue weighted by molar-refractivity contribution is -0.152. The molecule has 0 heterocycles. The van der Waals surface area contributed by atoms with E-state index in [1.54, 1.807) is 0 Å². The van der Waals surface area contributed by atoms with Gasteiger partial charge < -0.3 is 10.1 Å². The first-order valence-electron chi connectivity index (χ1n) is 9.17. The Morgan fingerprint density at radius 1 is 1.04 bits per heavy atom. The van der Waals surface area contributed by atoms with Gasteiger partial charge in [0.1, 0.15) is 5.54 Å². The summed E-state index contributed by atoms with van der Waals surface area (Å²) in [7, 11) is 3.43. The zero-order chi connectivity index (χ0) is 16.7. The number of nitrogens with one attached hydrogen (secondary N) is 1. The molecule has 132 valence electrons. The standard InChI is InChI=1S/C18H32N2O3/c1-20(15-10-6-3-4-7-11-15)14-16(21)19-18(17(22)23-2)12-8-5-9-13-18/h15H,3-14H2,1-2H3,(H,19,21). The van der Waals surface area contributed by atoms with Crippen LogP contribution in [0.3, 0.4) is 0 Å². The van der Waals surface area contributed by atoms with Crippen LogP contribution in [0.1, 0.15) is 70.6 Å². The fourth-order valence-corrected chi connectivity index (χ4v) is 4.09. The third kappa shape index (κ3) is 4.93. The fourth-order valence-electron chi connectivity index (χ4n) is 4.09. The normalized spacial score (nSPS) is 22.4. The van der Waals surface area contributed by atoms with Crippen molar-refractivity contribution in [3.05, 3.63) is 0 Å². The van der Waals surface area contributed by atoms with Crippen LogP contribution in [0.25, 0.3) is 0 Å². The van der Waals surface area contributed by atoms with Crippen LogP contribution in [0.5, 0.6) is 0 Å². The van der Waals surface area contributed by atoms with Gasteiger partial charge in [-0.2, -0.15) is 0 Å².